The van der Waals surface area contributed by atoms with Gasteiger partial charge in [-0.2, -0.15) is 0 Å². The third kappa shape index (κ3) is 4.14. The Kier molecular flexibility index (Phi) is 5.42. The maximum absolute atomic E-state index is 12.4. The van der Waals surface area contributed by atoms with Crippen molar-refractivity contribution in [2.45, 2.75) is 19.8 Å². The zero-order valence-electron chi connectivity index (χ0n) is 14.7. The Morgan fingerprint density at radius 2 is 1.92 bits per heavy atom. The maximum Gasteiger partial charge on any atom is 0.248 e. The number of hydrogen-bond acceptors (Lipinski definition) is 3. The van der Waals surface area contributed by atoms with Crippen molar-refractivity contribution in [1.82, 2.24) is 0 Å². The predicted octanol–water partition coefficient (Wildman–Crippen LogP) is 3.66. The number of nitrogens with zero attached hydrogens (tertiary/aromatic N) is 1. The van der Waals surface area contributed by atoms with E-state index < -0.39 is 10.0 Å². The van der Waals surface area contributed by atoms with E-state index in [-0.39, 0.29) is 11.7 Å². The number of amides is 1. The quantitative estimate of drug-likeness (QED) is 0.817. The van der Waals surface area contributed by atoms with E-state index in [0.717, 1.165) is 17.6 Å². The molecule has 1 aliphatic rings. The molecule has 2 aromatic carbocycles. The molecular weight excluding hydrogens is 348 g/mol. The highest BCUT2D eigenvalue weighted by atomic mass is 32.2. The van der Waals surface area contributed by atoms with Gasteiger partial charge in [0.15, 0.2) is 0 Å². The molecule has 26 heavy (non-hydrogen) atoms. The molecule has 1 fully saturated rings. The fourth-order valence-electron chi connectivity index (χ4n) is 3.05. The van der Waals surface area contributed by atoms with Gasteiger partial charge >= 0.3 is 0 Å². The lowest BCUT2D eigenvalue weighted by molar-refractivity contribution is -0.111. The third-order valence-corrected chi connectivity index (χ3v) is 6.20. The van der Waals surface area contributed by atoms with E-state index in [4.69, 9.17) is 0 Å². The van der Waals surface area contributed by atoms with E-state index in [1.165, 1.54) is 4.31 Å². The number of allylic oxidation sites excluding steroid dienone is 1. The van der Waals surface area contributed by atoms with Crippen LogP contribution in [-0.4, -0.2) is 26.6 Å². The van der Waals surface area contributed by atoms with Crippen molar-refractivity contribution in [2.24, 2.45) is 0 Å². The van der Waals surface area contributed by atoms with Crippen LogP contribution >= 0.6 is 0 Å². The molecule has 136 valence electrons. The number of rotatable bonds is 5. The third-order valence-electron chi connectivity index (χ3n) is 4.33. The Hall–Kier alpha value is -2.60. The van der Waals surface area contributed by atoms with E-state index in [0.29, 0.717) is 24.3 Å². The first-order chi connectivity index (χ1) is 12.5. The molecule has 0 aliphatic carbocycles. The fraction of sp³-hybridized carbons (Fsp3) is 0.250. The summed E-state index contributed by atoms with van der Waals surface area (Å²) in [5, 5.41) is 2.83. The van der Waals surface area contributed by atoms with Crippen LogP contribution in [0.25, 0.3) is 5.57 Å². The summed E-state index contributed by atoms with van der Waals surface area (Å²) in [5.74, 6) is -0.0596. The summed E-state index contributed by atoms with van der Waals surface area (Å²) in [6.45, 7) is 2.48. The number of carbonyl (C=O) groups excluding carboxylic acids is 1. The summed E-state index contributed by atoms with van der Waals surface area (Å²) in [5.41, 5.74) is 3.13. The van der Waals surface area contributed by atoms with Gasteiger partial charge in [0.1, 0.15) is 0 Å². The average Bonchev–Trinajstić information content (AvgIpc) is 3.00. The highest BCUT2D eigenvalue weighted by Gasteiger charge is 2.28. The van der Waals surface area contributed by atoms with Gasteiger partial charge in [0.2, 0.25) is 15.9 Å². The van der Waals surface area contributed by atoms with Gasteiger partial charge < -0.3 is 5.32 Å². The molecule has 6 heteroatoms. The predicted molar refractivity (Wildman–Crippen MR) is 106 cm³/mol. The molecule has 1 amide bonds. The molecule has 0 bridgehead atoms. The van der Waals surface area contributed by atoms with Gasteiger partial charge in [-0.05, 0) is 42.2 Å². The lowest BCUT2D eigenvalue weighted by Gasteiger charge is -2.17. The van der Waals surface area contributed by atoms with Crippen LogP contribution in [-0.2, 0) is 14.8 Å². The zero-order chi connectivity index (χ0) is 18.6. The summed E-state index contributed by atoms with van der Waals surface area (Å²) in [6, 6.07) is 16.7. The molecule has 0 spiro atoms. The second-order valence-corrected chi connectivity index (χ2v) is 8.18. The number of benzene rings is 2. The molecule has 2 aromatic rings. The van der Waals surface area contributed by atoms with Crippen LogP contribution in [0.3, 0.4) is 0 Å². The Balaban J connectivity index is 1.78. The zero-order valence-corrected chi connectivity index (χ0v) is 15.5. The van der Waals surface area contributed by atoms with Gasteiger partial charge in [-0.3, -0.25) is 9.10 Å². The monoisotopic (exact) mass is 370 g/mol. The summed E-state index contributed by atoms with van der Waals surface area (Å²) >= 11 is 0. The van der Waals surface area contributed by atoms with Crippen LogP contribution in [0, 0.1) is 0 Å². The minimum Gasteiger partial charge on any atom is -0.322 e. The van der Waals surface area contributed by atoms with E-state index in [2.05, 4.69) is 5.32 Å². The van der Waals surface area contributed by atoms with Crippen molar-refractivity contribution < 1.29 is 13.2 Å². The molecule has 1 heterocycles. The van der Waals surface area contributed by atoms with Gasteiger partial charge in [-0.25, -0.2) is 8.42 Å². The summed E-state index contributed by atoms with van der Waals surface area (Å²) in [7, 11) is -3.24. The van der Waals surface area contributed by atoms with Crippen LogP contribution in [0.2, 0.25) is 0 Å². The van der Waals surface area contributed by atoms with Crippen LogP contribution in [0.5, 0.6) is 0 Å². The molecule has 0 aromatic heterocycles. The van der Waals surface area contributed by atoms with Crippen molar-refractivity contribution >= 4 is 32.9 Å². The first kappa shape index (κ1) is 18.2. The molecule has 1 N–H and O–H groups in total. The standard InChI is InChI=1S/C20H22N2O3S/c1-2-16(17-8-4-3-5-9-17)14-20(23)21-18-10-6-11-19(15-18)22-12-7-13-26(22,24)25/h3-6,8-11,14-15H,2,7,12-13H2,1H3,(H,21,23)/b16-14+. The van der Waals surface area contributed by atoms with Crippen molar-refractivity contribution in [3.8, 4) is 0 Å². The summed E-state index contributed by atoms with van der Waals surface area (Å²) in [6.07, 6.45) is 2.96. The summed E-state index contributed by atoms with van der Waals surface area (Å²) in [4.78, 5) is 12.4. The Morgan fingerprint density at radius 3 is 2.58 bits per heavy atom. The molecule has 1 aliphatic heterocycles. The number of sulfonamides is 1. The van der Waals surface area contributed by atoms with Crippen molar-refractivity contribution in [2.75, 3.05) is 21.9 Å². The average molecular weight is 370 g/mol. The van der Waals surface area contributed by atoms with Crippen molar-refractivity contribution in [1.29, 1.82) is 0 Å². The van der Waals surface area contributed by atoms with Gasteiger partial charge in [0, 0.05) is 18.3 Å². The van der Waals surface area contributed by atoms with Crippen molar-refractivity contribution in [3.05, 3.63) is 66.2 Å². The highest BCUT2D eigenvalue weighted by molar-refractivity contribution is 7.93. The molecule has 0 radical (unpaired) electrons. The first-order valence-corrected chi connectivity index (χ1v) is 10.3. The highest BCUT2D eigenvalue weighted by Crippen LogP contribution is 2.26. The smallest absolute Gasteiger partial charge is 0.248 e. The van der Waals surface area contributed by atoms with Gasteiger partial charge in [-0.15, -0.1) is 0 Å². The topological polar surface area (TPSA) is 66.5 Å². The molecule has 0 unspecified atom stereocenters. The second-order valence-electron chi connectivity index (χ2n) is 6.17. The van der Waals surface area contributed by atoms with Crippen LogP contribution < -0.4 is 9.62 Å². The fourth-order valence-corrected chi connectivity index (χ4v) is 4.60. The molecule has 3 rings (SSSR count). The van der Waals surface area contributed by atoms with Gasteiger partial charge in [0.05, 0.1) is 11.4 Å². The largest absolute Gasteiger partial charge is 0.322 e. The molecule has 5 nitrogen and oxygen atoms in total. The van der Waals surface area contributed by atoms with Gasteiger partial charge in [0.25, 0.3) is 0 Å². The minimum atomic E-state index is -3.24. The normalized spacial score (nSPS) is 16.5. The van der Waals surface area contributed by atoms with Crippen LogP contribution in [0.15, 0.2) is 60.7 Å². The van der Waals surface area contributed by atoms with Crippen LogP contribution in [0.1, 0.15) is 25.3 Å². The molecule has 0 saturated carbocycles. The van der Waals surface area contributed by atoms with E-state index >= 15 is 0 Å². The number of carbonyl (C=O) groups is 1. The molecule has 0 atom stereocenters. The Labute approximate surface area is 154 Å². The SMILES string of the molecule is CC/C(=C\C(=O)Nc1cccc(N2CCCS2(=O)=O)c1)c1ccccc1. The number of anilines is 2. The number of nitrogens with one attached hydrogen (secondary N) is 1. The van der Waals surface area contributed by atoms with E-state index in [1.54, 1.807) is 30.3 Å². The van der Waals surface area contributed by atoms with E-state index in [1.807, 2.05) is 37.3 Å². The Bertz CT molecular complexity index is 921. The van der Waals surface area contributed by atoms with E-state index in [9.17, 15) is 13.2 Å². The minimum absolute atomic E-state index is 0.170. The van der Waals surface area contributed by atoms with Gasteiger partial charge in [-0.1, -0.05) is 43.3 Å². The molecular formula is C20H22N2O3S. The Morgan fingerprint density at radius 1 is 1.15 bits per heavy atom. The number of hydrogen-bond donors (Lipinski definition) is 1. The lowest BCUT2D eigenvalue weighted by atomic mass is 10.0. The van der Waals surface area contributed by atoms with Crippen molar-refractivity contribution in [3.63, 3.8) is 0 Å². The van der Waals surface area contributed by atoms with Crippen LogP contribution in [0.4, 0.5) is 11.4 Å². The molecule has 1 saturated heterocycles. The maximum atomic E-state index is 12.4. The summed E-state index contributed by atoms with van der Waals surface area (Å²) < 4.78 is 25.5. The first-order valence-electron chi connectivity index (χ1n) is 8.67. The second kappa shape index (κ2) is 7.74. The lowest BCUT2D eigenvalue weighted by Crippen LogP contribution is -2.25.